The Kier molecular flexibility index (Phi) is 4.56. The molecule has 0 unspecified atom stereocenters. The molecule has 2 aromatic carbocycles. The van der Waals surface area contributed by atoms with Crippen molar-refractivity contribution in [2.75, 3.05) is 5.32 Å². The number of rotatable bonds is 5. The van der Waals surface area contributed by atoms with Crippen molar-refractivity contribution < 1.29 is 14.1 Å². The lowest BCUT2D eigenvalue weighted by Gasteiger charge is -2.06. The molecule has 1 heterocycles. The summed E-state index contributed by atoms with van der Waals surface area (Å²) in [7, 11) is 0. The van der Waals surface area contributed by atoms with Gasteiger partial charge in [0.25, 0.3) is 11.8 Å². The normalized spacial score (nSPS) is 10.4. The van der Waals surface area contributed by atoms with Crippen molar-refractivity contribution in [2.24, 2.45) is 5.73 Å². The Balaban J connectivity index is 1.67. The largest absolute Gasteiger partial charge is 0.369 e. The van der Waals surface area contributed by atoms with Gasteiger partial charge < -0.3 is 15.6 Å². The second-order valence-electron chi connectivity index (χ2n) is 5.52. The van der Waals surface area contributed by atoms with E-state index in [9.17, 15) is 9.59 Å². The lowest BCUT2D eigenvalue weighted by atomic mass is 10.1. The standard InChI is InChI=1S/C18H16N4O3/c1-11-20-18(25-22-11)14-6-4-13(5-7-14)17(24)21-15-8-2-12(3-9-15)10-16(19)23/h2-9H,10H2,1H3,(H2,19,23)(H,21,24). The first-order valence-electron chi connectivity index (χ1n) is 7.60. The molecule has 0 atom stereocenters. The molecule has 1 aromatic heterocycles. The number of aryl methyl sites for hydroxylation is 1. The van der Waals surface area contributed by atoms with Gasteiger partial charge in [0.2, 0.25) is 5.91 Å². The Morgan fingerprint density at radius 1 is 1.08 bits per heavy atom. The fourth-order valence-electron chi connectivity index (χ4n) is 2.29. The van der Waals surface area contributed by atoms with E-state index in [0.29, 0.717) is 23.0 Å². The Morgan fingerprint density at radius 2 is 1.76 bits per heavy atom. The zero-order valence-electron chi connectivity index (χ0n) is 13.5. The van der Waals surface area contributed by atoms with Crippen LogP contribution in [-0.4, -0.2) is 22.0 Å². The van der Waals surface area contributed by atoms with Gasteiger partial charge in [0.05, 0.1) is 6.42 Å². The smallest absolute Gasteiger partial charge is 0.257 e. The van der Waals surface area contributed by atoms with Crippen LogP contribution >= 0.6 is 0 Å². The van der Waals surface area contributed by atoms with Crippen LogP contribution in [0.4, 0.5) is 5.69 Å². The summed E-state index contributed by atoms with van der Waals surface area (Å²) in [5, 5.41) is 6.53. The van der Waals surface area contributed by atoms with Gasteiger partial charge >= 0.3 is 0 Å². The lowest BCUT2D eigenvalue weighted by Crippen LogP contribution is -2.14. The minimum absolute atomic E-state index is 0.171. The van der Waals surface area contributed by atoms with E-state index in [-0.39, 0.29) is 12.3 Å². The van der Waals surface area contributed by atoms with Gasteiger partial charge in [-0.25, -0.2) is 0 Å². The molecule has 0 saturated heterocycles. The first kappa shape index (κ1) is 16.4. The van der Waals surface area contributed by atoms with Gasteiger partial charge in [-0.1, -0.05) is 17.3 Å². The van der Waals surface area contributed by atoms with E-state index in [1.54, 1.807) is 55.5 Å². The van der Waals surface area contributed by atoms with Crippen molar-refractivity contribution >= 4 is 17.5 Å². The maximum Gasteiger partial charge on any atom is 0.257 e. The highest BCUT2D eigenvalue weighted by Gasteiger charge is 2.10. The van der Waals surface area contributed by atoms with Crippen LogP contribution in [0.25, 0.3) is 11.5 Å². The summed E-state index contributed by atoms with van der Waals surface area (Å²) in [4.78, 5) is 27.3. The van der Waals surface area contributed by atoms with Crippen LogP contribution in [0, 0.1) is 6.92 Å². The molecule has 0 radical (unpaired) electrons. The Hall–Kier alpha value is -3.48. The van der Waals surface area contributed by atoms with E-state index in [1.165, 1.54) is 0 Å². The van der Waals surface area contributed by atoms with Crippen molar-refractivity contribution in [1.29, 1.82) is 0 Å². The highest BCUT2D eigenvalue weighted by atomic mass is 16.5. The Morgan fingerprint density at radius 3 is 2.32 bits per heavy atom. The maximum absolute atomic E-state index is 12.3. The third kappa shape index (κ3) is 4.08. The van der Waals surface area contributed by atoms with Gasteiger partial charge in [0.1, 0.15) is 0 Å². The molecule has 0 aliphatic heterocycles. The minimum atomic E-state index is -0.395. The molecular formula is C18H16N4O3. The predicted octanol–water partition coefficient (Wildman–Crippen LogP) is 2.33. The number of primary amides is 1. The molecule has 126 valence electrons. The summed E-state index contributed by atoms with van der Waals surface area (Å²) < 4.78 is 5.09. The average molecular weight is 336 g/mol. The number of hydrogen-bond acceptors (Lipinski definition) is 5. The number of carbonyl (C=O) groups is 2. The van der Waals surface area contributed by atoms with Crippen LogP contribution in [0.5, 0.6) is 0 Å². The van der Waals surface area contributed by atoms with Gasteiger partial charge in [0.15, 0.2) is 5.82 Å². The van der Waals surface area contributed by atoms with Crippen LogP contribution in [-0.2, 0) is 11.2 Å². The fourth-order valence-corrected chi connectivity index (χ4v) is 2.29. The summed E-state index contributed by atoms with van der Waals surface area (Å²) >= 11 is 0. The van der Waals surface area contributed by atoms with Crippen molar-refractivity contribution in [3.8, 4) is 11.5 Å². The molecule has 0 spiro atoms. The summed E-state index contributed by atoms with van der Waals surface area (Å²) in [6.45, 7) is 1.74. The third-order valence-electron chi connectivity index (χ3n) is 3.51. The van der Waals surface area contributed by atoms with E-state index in [2.05, 4.69) is 15.5 Å². The number of hydrogen-bond donors (Lipinski definition) is 2. The number of nitrogens with one attached hydrogen (secondary N) is 1. The monoisotopic (exact) mass is 336 g/mol. The Labute approximate surface area is 143 Å². The van der Waals surface area contributed by atoms with Crippen LogP contribution in [0.3, 0.4) is 0 Å². The van der Waals surface area contributed by atoms with E-state index in [1.807, 2.05) is 0 Å². The van der Waals surface area contributed by atoms with Crippen molar-refractivity contribution in [2.45, 2.75) is 13.3 Å². The predicted molar refractivity (Wildman–Crippen MR) is 91.8 cm³/mol. The van der Waals surface area contributed by atoms with Crippen LogP contribution in [0.1, 0.15) is 21.7 Å². The Bertz CT molecular complexity index is 899. The summed E-state index contributed by atoms with van der Waals surface area (Å²) in [5.41, 5.74) is 7.83. The number of nitrogens with two attached hydrogens (primary N) is 1. The van der Waals surface area contributed by atoms with E-state index >= 15 is 0 Å². The van der Waals surface area contributed by atoms with E-state index < -0.39 is 5.91 Å². The number of amides is 2. The number of carbonyl (C=O) groups excluding carboxylic acids is 2. The zero-order valence-corrected chi connectivity index (χ0v) is 13.5. The topological polar surface area (TPSA) is 111 Å². The van der Waals surface area contributed by atoms with E-state index in [4.69, 9.17) is 10.3 Å². The van der Waals surface area contributed by atoms with Crippen LogP contribution in [0.2, 0.25) is 0 Å². The molecule has 3 rings (SSSR count). The third-order valence-corrected chi connectivity index (χ3v) is 3.51. The number of benzene rings is 2. The second kappa shape index (κ2) is 6.96. The summed E-state index contributed by atoms with van der Waals surface area (Å²) in [6.07, 6.45) is 0.171. The number of nitrogens with zero attached hydrogens (tertiary/aromatic N) is 2. The van der Waals surface area contributed by atoms with Crippen LogP contribution < -0.4 is 11.1 Å². The molecular weight excluding hydrogens is 320 g/mol. The van der Waals surface area contributed by atoms with Crippen molar-refractivity contribution in [3.63, 3.8) is 0 Å². The van der Waals surface area contributed by atoms with Gasteiger partial charge in [-0.3, -0.25) is 9.59 Å². The minimum Gasteiger partial charge on any atom is -0.369 e. The molecule has 0 aliphatic carbocycles. The molecule has 3 aromatic rings. The highest BCUT2D eigenvalue weighted by molar-refractivity contribution is 6.04. The van der Waals surface area contributed by atoms with Crippen molar-refractivity contribution in [3.05, 3.63) is 65.5 Å². The summed E-state index contributed by atoms with van der Waals surface area (Å²) in [5.74, 6) is 0.329. The molecule has 7 heteroatoms. The second-order valence-corrected chi connectivity index (χ2v) is 5.52. The quantitative estimate of drug-likeness (QED) is 0.743. The maximum atomic E-state index is 12.3. The average Bonchev–Trinajstić information content (AvgIpc) is 3.03. The van der Waals surface area contributed by atoms with Gasteiger partial charge in [0, 0.05) is 16.8 Å². The fraction of sp³-hybridized carbons (Fsp3) is 0.111. The molecule has 0 bridgehead atoms. The molecule has 0 fully saturated rings. The molecule has 3 N–H and O–H groups in total. The van der Waals surface area contributed by atoms with Crippen LogP contribution in [0.15, 0.2) is 53.1 Å². The van der Waals surface area contributed by atoms with Crippen molar-refractivity contribution in [1.82, 2.24) is 10.1 Å². The highest BCUT2D eigenvalue weighted by Crippen LogP contribution is 2.18. The van der Waals surface area contributed by atoms with Gasteiger partial charge in [-0.15, -0.1) is 0 Å². The molecule has 0 aliphatic rings. The summed E-state index contributed by atoms with van der Waals surface area (Å²) in [6, 6.07) is 13.8. The zero-order chi connectivity index (χ0) is 17.8. The molecule has 0 saturated carbocycles. The lowest BCUT2D eigenvalue weighted by molar-refractivity contribution is -0.117. The first-order valence-corrected chi connectivity index (χ1v) is 7.60. The SMILES string of the molecule is Cc1noc(-c2ccc(C(=O)Nc3ccc(CC(N)=O)cc3)cc2)n1. The van der Waals surface area contributed by atoms with E-state index in [0.717, 1.165) is 11.1 Å². The first-order chi connectivity index (χ1) is 12.0. The molecule has 7 nitrogen and oxygen atoms in total. The molecule has 25 heavy (non-hydrogen) atoms. The van der Waals surface area contributed by atoms with Gasteiger partial charge in [-0.2, -0.15) is 4.98 Å². The number of anilines is 1. The number of aromatic nitrogens is 2. The van der Waals surface area contributed by atoms with Gasteiger partial charge in [-0.05, 0) is 48.9 Å². The molecule has 2 amide bonds.